The van der Waals surface area contributed by atoms with Crippen LogP contribution in [0.25, 0.3) is 22.6 Å². The van der Waals surface area contributed by atoms with Gasteiger partial charge in [-0.3, -0.25) is 0 Å². The van der Waals surface area contributed by atoms with E-state index in [1.165, 1.54) is 24.6 Å². The van der Waals surface area contributed by atoms with Crippen molar-refractivity contribution in [2.45, 2.75) is 19.3 Å². The molecule has 0 radical (unpaired) electrons. The van der Waals surface area contributed by atoms with E-state index in [2.05, 4.69) is 39.8 Å². The lowest BCUT2D eigenvalue weighted by Gasteiger charge is -2.13. The van der Waals surface area contributed by atoms with Crippen LogP contribution in [0.5, 0.6) is 0 Å². The van der Waals surface area contributed by atoms with Crippen LogP contribution in [0.2, 0.25) is 0 Å². The third-order valence-electron chi connectivity index (χ3n) is 4.59. The smallest absolute Gasteiger partial charge is 0.203 e. The minimum absolute atomic E-state index is 0.833. The van der Waals surface area contributed by atoms with E-state index in [9.17, 15) is 0 Å². The minimum Gasteiger partial charge on any atom is -0.452 e. The van der Waals surface area contributed by atoms with E-state index < -0.39 is 0 Å². The number of nitrogens with zero attached hydrogens (tertiary/aromatic N) is 3. The quantitative estimate of drug-likeness (QED) is 0.512. The Hall–Kier alpha value is -2.36. The average molecular weight is 308 g/mol. The second-order valence-electron chi connectivity index (χ2n) is 6.46. The molecule has 3 aliphatic rings. The van der Waals surface area contributed by atoms with Crippen LogP contribution in [0, 0.1) is 0 Å². The first-order chi connectivity index (χ1) is 11.2. The Balaban J connectivity index is 1.90. The summed E-state index contributed by atoms with van der Waals surface area (Å²) >= 11 is 0. The molecule has 0 atom stereocenters. The Labute approximate surface area is 136 Å². The van der Waals surface area contributed by atoms with Crippen molar-refractivity contribution < 1.29 is 4.42 Å². The molecule has 4 nitrogen and oxygen atoms in total. The summed E-state index contributed by atoms with van der Waals surface area (Å²) in [5.74, 6) is 0.858. The predicted octanol–water partition coefficient (Wildman–Crippen LogP) is 2.95. The third kappa shape index (κ3) is 2.69. The van der Waals surface area contributed by atoms with Crippen LogP contribution >= 0.6 is 0 Å². The van der Waals surface area contributed by atoms with Crippen LogP contribution in [0.4, 0.5) is 5.69 Å². The fourth-order valence-corrected chi connectivity index (χ4v) is 3.23. The topological polar surface area (TPSA) is 32.3 Å². The summed E-state index contributed by atoms with van der Waals surface area (Å²) in [6, 6.07) is 12.5. The molecule has 1 aliphatic carbocycles. The van der Waals surface area contributed by atoms with Gasteiger partial charge >= 0.3 is 0 Å². The summed E-state index contributed by atoms with van der Waals surface area (Å²) in [4.78, 5) is 6.81. The van der Waals surface area contributed by atoms with Crippen LogP contribution in [-0.2, 0) is 0 Å². The van der Waals surface area contributed by atoms with Gasteiger partial charge in [0.25, 0.3) is 0 Å². The van der Waals surface area contributed by atoms with Crippen molar-refractivity contribution in [2.24, 2.45) is 0 Å². The molecular weight excluding hydrogens is 286 g/mol. The molecule has 23 heavy (non-hydrogen) atoms. The highest BCUT2D eigenvalue weighted by atomic mass is 16.3. The van der Waals surface area contributed by atoms with E-state index in [0.717, 1.165) is 41.3 Å². The Bertz CT molecular complexity index is 887. The van der Waals surface area contributed by atoms with Gasteiger partial charge in [0.15, 0.2) is 11.3 Å². The van der Waals surface area contributed by atoms with E-state index in [4.69, 9.17) is 9.40 Å². The molecule has 0 saturated carbocycles. The fourth-order valence-electron chi connectivity index (χ4n) is 3.23. The van der Waals surface area contributed by atoms with Gasteiger partial charge < -0.3 is 9.32 Å². The normalized spacial score (nSPS) is 15.3. The lowest BCUT2D eigenvalue weighted by molar-refractivity contribution is 0.451. The van der Waals surface area contributed by atoms with Crippen molar-refractivity contribution in [3.05, 3.63) is 41.8 Å². The Morgan fingerprint density at radius 1 is 1.00 bits per heavy atom. The summed E-state index contributed by atoms with van der Waals surface area (Å²) < 4.78 is 8.60. The first-order valence-corrected chi connectivity index (χ1v) is 8.31. The highest BCUT2D eigenvalue weighted by Gasteiger charge is 2.15. The van der Waals surface area contributed by atoms with E-state index in [-0.39, 0.29) is 0 Å². The maximum atomic E-state index is 6.15. The van der Waals surface area contributed by atoms with Crippen LogP contribution in [-0.4, -0.2) is 32.2 Å². The van der Waals surface area contributed by atoms with Gasteiger partial charge in [0.05, 0.1) is 6.07 Å². The molecule has 0 spiro atoms. The molecule has 0 aromatic heterocycles. The molecule has 1 fully saturated rings. The zero-order valence-electron chi connectivity index (χ0n) is 13.7. The van der Waals surface area contributed by atoms with Gasteiger partial charge in [0.1, 0.15) is 24.3 Å². The van der Waals surface area contributed by atoms with E-state index in [0.29, 0.717) is 0 Å². The molecule has 1 aromatic rings. The fraction of sp³-hybridized carbons (Fsp3) is 0.368. The van der Waals surface area contributed by atoms with Gasteiger partial charge in [0.2, 0.25) is 5.36 Å². The second kappa shape index (κ2) is 5.69. The summed E-state index contributed by atoms with van der Waals surface area (Å²) in [7, 11) is 4.06. The van der Waals surface area contributed by atoms with Gasteiger partial charge in [-0.25, -0.2) is 9.56 Å². The second-order valence-corrected chi connectivity index (χ2v) is 6.46. The van der Waals surface area contributed by atoms with Crippen molar-refractivity contribution in [1.29, 1.82) is 0 Å². The van der Waals surface area contributed by atoms with Gasteiger partial charge in [-0.05, 0) is 24.6 Å². The van der Waals surface area contributed by atoms with Crippen molar-refractivity contribution in [2.75, 3.05) is 32.1 Å². The molecule has 4 rings (SSSR count). The lowest BCUT2D eigenvalue weighted by atomic mass is 10.1. The van der Waals surface area contributed by atoms with E-state index in [1.54, 1.807) is 0 Å². The SMILES string of the molecule is CN(C)c1ccc2nc3ccc(=[N+]4CCCCC4)cc-3oc2c1. The molecule has 0 unspecified atom stereocenters. The molecule has 118 valence electrons. The lowest BCUT2D eigenvalue weighted by Crippen LogP contribution is -2.34. The summed E-state index contributed by atoms with van der Waals surface area (Å²) in [6.07, 6.45) is 3.89. The number of hydrogen-bond acceptors (Lipinski definition) is 3. The van der Waals surface area contributed by atoms with Gasteiger partial charge in [-0.1, -0.05) is 0 Å². The maximum Gasteiger partial charge on any atom is 0.203 e. The Morgan fingerprint density at radius 3 is 2.61 bits per heavy atom. The van der Waals surface area contributed by atoms with Crippen LogP contribution < -0.4 is 14.8 Å². The predicted molar refractivity (Wildman–Crippen MR) is 93.8 cm³/mol. The highest BCUT2D eigenvalue weighted by Crippen LogP contribution is 2.26. The van der Waals surface area contributed by atoms with Crippen molar-refractivity contribution in [3.8, 4) is 11.5 Å². The van der Waals surface area contributed by atoms with Crippen LogP contribution in [0.15, 0.2) is 40.8 Å². The summed E-state index contributed by atoms with van der Waals surface area (Å²) in [5.41, 5.74) is 3.76. The van der Waals surface area contributed by atoms with Crippen molar-refractivity contribution in [1.82, 2.24) is 9.56 Å². The summed E-state index contributed by atoms with van der Waals surface area (Å²) in [6.45, 7) is 2.27. The molecule has 0 amide bonds. The Kier molecular flexibility index (Phi) is 3.52. The monoisotopic (exact) mass is 308 g/mol. The number of benzene rings is 2. The summed E-state index contributed by atoms with van der Waals surface area (Å²) in [5, 5.41) is 1.24. The number of hydrogen-bond donors (Lipinski definition) is 0. The highest BCUT2D eigenvalue weighted by molar-refractivity contribution is 5.79. The molecule has 0 N–H and O–H groups in total. The van der Waals surface area contributed by atoms with Crippen molar-refractivity contribution in [3.63, 3.8) is 0 Å². The van der Waals surface area contributed by atoms with Gasteiger partial charge in [-0.15, -0.1) is 0 Å². The number of rotatable bonds is 1. The molecule has 1 saturated heterocycles. The molecule has 2 aliphatic heterocycles. The molecule has 1 aromatic carbocycles. The minimum atomic E-state index is 0.833. The van der Waals surface area contributed by atoms with E-state index in [1.807, 2.05) is 20.2 Å². The zero-order chi connectivity index (χ0) is 15.8. The van der Waals surface area contributed by atoms with Crippen molar-refractivity contribution >= 4 is 16.8 Å². The first-order valence-electron chi connectivity index (χ1n) is 8.31. The van der Waals surface area contributed by atoms with E-state index >= 15 is 0 Å². The van der Waals surface area contributed by atoms with Gasteiger partial charge in [0, 0.05) is 44.8 Å². The largest absolute Gasteiger partial charge is 0.452 e. The number of piperidine rings is 1. The van der Waals surface area contributed by atoms with Crippen LogP contribution in [0.1, 0.15) is 19.3 Å². The molecule has 2 heterocycles. The third-order valence-corrected chi connectivity index (χ3v) is 4.59. The number of fused-ring (bicyclic) bond motifs is 2. The maximum absolute atomic E-state index is 6.15. The zero-order valence-corrected chi connectivity index (χ0v) is 13.7. The molecular formula is C19H22N3O+. The average Bonchev–Trinajstić information content (AvgIpc) is 2.59. The molecule has 0 bridgehead atoms. The Morgan fingerprint density at radius 2 is 1.83 bits per heavy atom. The first kappa shape index (κ1) is 14.2. The van der Waals surface area contributed by atoms with Gasteiger partial charge in [-0.2, -0.15) is 0 Å². The number of aromatic nitrogens is 1. The number of anilines is 1. The molecule has 4 heteroatoms. The van der Waals surface area contributed by atoms with Crippen LogP contribution in [0.3, 0.4) is 0 Å². The standard InChI is InChI=1S/C19H22N3O/c1-21(2)14-6-8-16-18(12-14)23-19-13-15(7-9-17(19)20-16)22-10-4-3-5-11-22/h6-9,12-13H,3-5,10-11H2,1-2H3/q+1.